The molecule has 27 heavy (non-hydrogen) atoms. The lowest BCUT2D eigenvalue weighted by molar-refractivity contribution is 0.0724. The molecule has 1 atom stereocenters. The van der Waals surface area contributed by atoms with Crippen LogP contribution in [0.15, 0.2) is 30.3 Å². The van der Waals surface area contributed by atoms with Crippen LogP contribution in [0, 0.1) is 18.7 Å². The van der Waals surface area contributed by atoms with Crippen molar-refractivity contribution in [1.29, 1.82) is 0 Å². The SMILES string of the molecule is Cc1cc(C(=O)N(C)C[C@@H]2CCCN(CCc3ccccc3F)C2)nn1C. The van der Waals surface area contributed by atoms with Gasteiger partial charge in [0.05, 0.1) is 0 Å². The van der Waals surface area contributed by atoms with E-state index < -0.39 is 0 Å². The maximum Gasteiger partial charge on any atom is 0.274 e. The molecule has 6 heteroatoms. The molecule has 1 saturated heterocycles. The Morgan fingerprint density at radius 1 is 1.37 bits per heavy atom. The van der Waals surface area contributed by atoms with Crippen molar-refractivity contribution in [2.45, 2.75) is 26.2 Å². The van der Waals surface area contributed by atoms with Crippen LogP contribution in [0.5, 0.6) is 0 Å². The van der Waals surface area contributed by atoms with Crippen LogP contribution in [0.25, 0.3) is 0 Å². The lowest BCUT2D eigenvalue weighted by atomic mass is 9.97. The molecule has 0 unspecified atom stereocenters. The number of piperidine rings is 1. The van der Waals surface area contributed by atoms with Gasteiger partial charge in [-0.2, -0.15) is 5.10 Å². The predicted molar refractivity (Wildman–Crippen MR) is 104 cm³/mol. The van der Waals surface area contributed by atoms with Crippen LogP contribution in [-0.2, 0) is 13.5 Å². The number of nitrogens with zero attached hydrogens (tertiary/aromatic N) is 4. The summed E-state index contributed by atoms with van der Waals surface area (Å²) < 4.78 is 15.5. The number of halogens is 1. The summed E-state index contributed by atoms with van der Waals surface area (Å²) in [6.45, 7) is 5.52. The number of aryl methyl sites for hydroxylation is 2. The van der Waals surface area contributed by atoms with E-state index in [4.69, 9.17) is 0 Å². The van der Waals surface area contributed by atoms with Crippen molar-refractivity contribution in [3.05, 3.63) is 53.1 Å². The van der Waals surface area contributed by atoms with E-state index in [1.807, 2.05) is 39.2 Å². The largest absolute Gasteiger partial charge is 0.340 e. The van der Waals surface area contributed by atoms with Gasteiger partial charge < -0.3 is 9.80 Å². The van der Waals surface area contributed by atoms with E-state index in [0.29, 0.717) is 11.6 Å². The van der Waals surface area contributed by atoms with E-state index in [0.717, 1.165) is 56.7 Å². The fourth-order valence-electron chi connectivity index (χ4n) is 3.81. The Hall–Kier alpha value is -2.21. The Morgan fingerprint density at radius 2 is 2.15 bits per heavy atom. The van der Waals surface area contributed by atoms with Crippen LogP contribution >= 0.6 is 0 Å². The normalized spacial score (nSPS) is 17.9. The molecule has 0 radical (unpaired) electrons. The average molecular weight is 372 g/mol. The average Bonchev–Trinajstić information content (AvgIpc) is 2.99. The van der Waals surface area contributed by atoms with E-state index in [1.54, 1.807) is 15.6 Å². The van der Waals surface area contributed by atoms with Crippen molar-refractivity contribution in [2.75, 3.05) is 33.2 Å². The number of benzene rings is 1. The molecule has 5 nitrogen and oxygen atoms in total. The summed E-state index contributed by atoms with van der Waals surface area (Å²) in [5.41, 5.74) is 2.26. The Balaban J connectivity index is 1.51. The molecule has 0 bridgehead atoms. The first kappa shape index (κ1) is 19.5. The van der Waals surface area contributed by atoms with Gasteiger partial charge in [-0.25, -0.2) is 4.39 Å². The second-order valence-corrected chi connectivity index (χ2v) is 7.63. The van der Waals surface area contributed by atoms with Gasteiger partial charge in [-0.1, -0.05) is 18.2 Å². The lowest BCUT2D eigenvalue weighted by Gasteiger charge is -2.34. The first-order chi connectivity index (χ1) is 12.9. The third-order valence-electron chi connectivity index (χ3n) is 5.47. The highest BCUT2D eigenvalue weighted by atomic mass is 19.1. The van der Waals surface area contributed by atoms with Crippen LogP contribution < -0.4 is 0 Å². The van der Waals surface area contributed by atoms with Gasteiger partial charge >= 0.3 is 0 Å². The third kappa shape index (κ3) is 4.95. The van der Waals surface area contributed by atoms with Crippen molar-refractivity contribution < 1.29 is 9.18 Å². The summed E-state index contributed by atoms with van der Waals surface area (Å²) in [7, 11) is 3.70. The molecule has 1 aromatic heterocycles. The zero-order chi connectivity index (χ0) is 19.4. The van der Waals surface area contributed by atoms with E-state index in [1.165, 1.54) is 6.07 Å². The molecule has 0 aliphatic carbocycles. The maximum atomic E-state index is 13.8. The summed E-state index contributed by atoms with van der Waals surface area (Å²) in [6, 6.07) is 8.83. The Morgan fingerprint density at radius 3 is 2.85 bits per heavy atom. The number of amides is 1. The van der Waals surface area contributed by atoms with E-state index >= 15 is 0 Å². The quantitative estimate of drug-likeness (QED) is 0.783. The topological polar surface area (TPSA) is 41.4 Å². The van der Waals surface area contributed by atoms with Crippen molar-refractivity contribution in [3.8, 4) is 0 Å². The van der Waals surface area contributed by atoms with Gasteiger partial charge in [0.15, 0.2) is 5.69 Å². The number of hydrogen-bond acceptors (Lipinski definition) is 3. The van der Waals surface area contributed by atoms with E-state index in [2.05, 4.69) is 10.00 Å². The van der Waals surface area contributed by atoms with Gasteiger partial charge in [-0.15, -0.1) is 0 Å². The number of aromatic nitrogens is 2. The molecule has 146 valence electrons. The van der Waals surface area contributed by atoms with Crippen molar-refractivity contribution in [3.63, 3.8) is 0 Å². The Bertz CT molecular complexity index is 769. The van der Waals surface area contributed by atoms with E-state index in [9.17, 15) is 9.18 Å². The van der Waals surface area contributed by atoms with Crippen LogP contribution in [0.4, 0.5) is 4.39 Å². The Labute approximate surface area is 160 Å². The molecule has 3 rings (SSSR count). The predicted octanol–water partition coefficient (Wildman–Crippen LogP) is 2.89. The molecule has 2 aromatic rings. The van der Waals surface area contributed by atoms with Gasteiger partial charge in [0.1, 0.15) is 5.82 Å². The molecule has 1 fully saturated rings. The molecule has 0 saturated carbocycles. The highest BCUT2D eigenvalue weighted by Gasteiger charge is 2.24. The maximum absolute atomic E-state index is 13.8. The summed E-state index contributed by atoms with van der Waals surface area (Å²) >= 11 is 0. The van der Waals surface area contributed by atoms with Gasteiger partial charge in [-0.05, 0) is 56.3 Å². The van der Waals surface area contributed by atoms with Crippen molar-refractivity contribution in [2.24, 2.45) is 13.0 Å². The summed E-state index contributed by atoms with van der Waals surface area (Å²) in [4.78, 5) is 16.8. The molecule has 1 aliphatic heterocycles. The minimum Gasteiger partial charge on any atom is -0.340 e. The highest BCUT2D eigenvalue weighted by Crippen LogP contribution is 2.19. The molecule has 0 spiro atoms. The zero-order valence-electron chi connectivity index (χ0n) is 16.5. The number of likely N-dealkylation sites (tertiary alicyclic amines) is 1. The van der Waals surface area contributed by atoms with Gasteiger partial charge in [0.25, 0.3) is 5.91 Å². The fraction of sp³-hybridized carbons (Fsp3) is 0.524. The summed E-state index contributed by atoms with van der Waals surface area (Å²) in [6.07, 6.45) is 2.96. The van der Waals surface area contributed by atoms with Crippen molar-refractivity contribution >= 4 is 5.91 Å². The number of rotatable bonds is 6. The molecule has 1 amide bonds. The van der Waals surface area contributed by atoms with Crippen LogP contribution in [0.1, 0.15) is 34.6 Å². The minimum atomic E-state index is -0.123. The van der Waals surface area contributed by atoms with Gasteiger partial charge in [0.2, 0.25) is 0 Å². The zero-order valence-corrected chi connectivity index (χ0v) is 16.5. The standard InChI is InChI=1S/C21H29FN4O/c1-16-13-20(23-25(16)3)21(27)24(2)14-17-7-6-11-26(15-17)12-10-18-8-4-5-9-19(18)22/h4-5,8-9,13,17H,6-7,10-12,14-15H2,1-3H3/t17-/m0/s1. The third-order valence-corrected chi connectivity index (χ3v) is 5.47. The highest BCUT2D eigenvalue weighted by molar-refractivity contribution is 5.92. The van der Waals surface area contributed by atoms with Crippen LogP contribution in [0.2, 0.25) is 0 Å². The van der Waals surface area contributed by atoms with E-state index in [-0.39, 0.29) is 11.7 Å². The fourth-order valence-corrected chi connectivity index (χ4v) is 3.81. The van der Waals surface area contributed by atoms with Gasteiger partial charge in [-0.3, -0.25) is 9.48 Å². The van der Waals surface area contributed by atoms with Crippen LogP contribution in [-0.4, -0.2) is 58.7 Å². The molecule has 0 N–H and O–H groups in total. The first-order valence-electron chi connectivity index (χ1n) is 9.66. The first-order valence-corrected chi connectivity index (χ1v) is 9.66. The Kier molecular flexibility index (Phi) is 6.26. The second-order valence-electron chi connectivity index (χ2n) is 7.63. The number of hydrogen-bond donors (Lipinski definition) is 0. The number of carbonyl (C=O) groups is 1. The minimum absolute atomic E-state index is 0.0258. The molecule has 1 aromatic carbocycles. The lowest BCUT2D eigenvalue weighted by Crippen LogP contribution is -2.42. The molecular weight excluding hydrogens is 343 g/mol. The molecular formula is C21H29FN4O. The number of carbonyl (C=O) groups excluding carboxylic acids is 1. The summed E-state index contributed by atoms with van der Waals surface area (Å²) in [5.74, 6) is 0.294. The van der Waals surface area contributed by atoms with Crippen LogP contribution in [0.3, 0.4) is 0 Å². The second kappa shape index (κ2) is 8.65. The monoisotopic (exact) mass is 372 g/mol. The molecule has 1 aliphatic rings. The van der Waals surface area contributed by atoms with Crippen molar-refractivity contribution in [1.82, 2.24) is 19.6 Å². The van der Waals surface area contributed by atoms with Gasteiger partial charge in [0, 0.05) is 39.4 Å². The summed E-state index contributed by atoms with van der Waals surface area (Å²) in [5, 5.41) is 4.29. The smallest absolute Gasteiger partial charge is 0.274 e. The molecule has 2 heterocycles.